The fraction of sp³-hybridized carbons (Fsp3) is 0.667. The van der Waals surface area contributed by atoms with Crippen LogP contribution in [0.1, 0.15) is 37.7 Å². The second-order valence-electron chi connectivity index (χ2n) is 6.56. The van der Waals surface area contributed by atoms with E-state index in [2.05, 4.69) is 41.4 Å². The first-order valence-electron chi connectivity index (χ1n) is 8.38. The molecule has 1 atom stereocenters. The predicted octanol–water partition coefficient (Wildman–Crippen LogP) is 2.87. The van der Waals surface area contributed by atoms with E-state index < -0.39 is 0 Å². The number of benzene rings is 1. The highest BCUT2D eigenvalue weighted by Crippen LogP contribution is 2.41. The fourth-order valence-electron chi connectivity index (χ4n) is 3.74. The summed E-state index contributed by atoms with van der Waals surface area (Å²) in [6.45, 7) is 7.23. The minimum Gasteiger partial charge on any atom is -0.496 e. The number of methoxy groups -OCH3 is 1. The number of nitrogens with one attached hydrogen (secondary N) is 1. The molecule has 2 fully saturated rings. The molecule has 3 rings (SSSR count). The second kappa shape index (κ2) is 6.80. The molecule has 1 aliphatic carbocycles. The lowest BCUT2D eigenvalue weighted by atomic mass is 9.75. The molecule has 0 amide bonds. The fourth-order valence-corrected chi connectivity index (χ4v) is 3.74. The molecule has 0 bridgehead atoms. The van der Waals surface area contributed by atoms with Crippen molar-refractivity contribution in [2.75, 3.05) is 33.3 Å². The van der Waals surface area contributed by atoms with Crippen molar-refractivity contribution in [2.45, 2.75) is 38.1 Å². The average Bonchev–Trinajstić information content (AvgIpc) is 2.94. The lowest BCUT2D eigenvalue weighted by Crippen LogP contribution is -2.42. The van der Waals surface area contributed by atoms with E-state index in [0.717, 1.165) is 11.7 Å². The van der Waals surface area contributed by atoms with Gasteiger partial charge >= 0.3 is 0 Å². The number of hydrogen-bond donors (Lipinski definition) is 1. The lowest BCUT2D eigenvalue weighted by molar-refractivity contribution is 0.266. The van der Waals surface area contributed by atoms with Gasteiger partial charge in [0.05, 0.1) is 7.11 Å². The Bertz CT molecular complexity index is 456. The van der Waals surface area contributed by atoms with Gasteiger partial charge in [0.15, 0.2) is 0 Å². The van der Waals surface area contributed by atoms with Gasteiger partial charge in [-0.15, -0.1) is 0 Å². The van der Waals surface area contributed by atoms with Crippen molar-refractivity contribution in [1.29, 1.82) is 0 Å². The van der Waals surface area contributed by atoms with Gasteiger partial charge in [-0.2, -0.15) is 0 Å². The molecule has 0 spiro atoms. The van der Waals surface area contributed by atoms with Crippen LogP contribution in [0.25, 0.3) is 0 Å². The summed E-state index contributed by atoms with van der Waals surface area (Å²) in [5.74, 6) is 2.58. The van der Waals surface area contributed by atoms with Gasteiger partial charge in [0, 0.05) is 12.6 Å². The van der Waals surface area contributed by atoms with E-state index in [0.29, 0.717) is 12.0 Å². The number of ether oxygens (including phenoxy) is 1. The normalized spacial score (nSPS) is 29.3. The Kier molecular flexibility index (Phi) is 4.81. The Labute approximate surface area is 128 Å². The van der Waals surface area contributed by atoms with Crippen molar-refractivity contribution in [1.82, 2.24) is 10.2 Å². The van der Waals surface area contributed by atoms with Gasteiger partial charge in [-0.1, -0.05) is 25.1 Å². The molecular weight excluding hydrogens is 260 g/mol. The highest BCUT2D eigenvalue weighted by atomic mass is 16.5. The topological polar surface area (TPSA) is 24.5 Å². The minimum atomic E-state index is 0.675. The van der Waals surface area contributed by atoms with Gasteiger partial charge in [-0.25, -0.2) is 0 Å². The largest absolute Gasteiger partial charge is 0.496 e. The molecule has 0 aromatic heterocycles. The Balaban J connectivity index is 1.42. The number of para-hydroxylation sites is 1. The van der Waals surface area contributed by atoms with E-state index >= 15 is 0 Å². The third-order valence-corrected chi connectivity index (χ3v) is 5.23. The van der Waals surface area contributed by atoms with E-state index in [1.165, 1.54) is 51.0 Å². The van der Waals surface area contributed by atoms with E-state index in [-0.39, 0.29) is 0 Å². The summed E-state index contributed by atoms with van der Waals surface area (Å²) in [5, 5.41) is 3.78. The standard InChI is InChI=1S/C18H28N2O/c1-3-20-9-8-14(13-20)12-19-16-10-15(11-16)17-6-4-5-7-18(17)21-2/h4-7,14-16,19H,3,8-13H2,1-2H3. The maximum atomic E-state index is 5.48. The summed E-state index contributed by atoms with van der Waals surface area (Å²) < 4.78 is 5.48. The molecule has 3 heteroatoms. The molecule has 1 unspecified atom stereocenters. The van der Waals surface area contributed by atoms with Crippen molar-refractivity contribution in [3.63, 3.8) is 0 Å². The molecule has 0 radical (unpaired) electrons. The summed E-state index contributed by atoms with van der Waals surface area (Å²) in [6.07, 6.45) is 3.87. The lowest BCUT2D eigenvalue weighted by Gasteiger charge is -2.37. The zero-order valence-electron chi connectivity index (χ0n) is 13.3. The SMILES string of the molecule is CCN1CCC(CNC2CC(c3ccccc3OC)C2)C1. The third-order valence-electron chi connectivity index (χ3n) is 5.23. The summed E-state index contributed by atoms with van der Waals surface area (Å²) in [4.78, 5) is 2.56. The zero-order valence-corrected chi connectivity index (χ0v) is 13.3. The first-order chi connectivity index (χ1) is 10.3. The quantitative estimate of drug-likeness (QED) is 0.871. The van der Waals surface area contributed by atoms with Crippen LogP contribution in [-0.2, 0) is 0 Å². The number of likely N-dealkylation sites (tertiary alicyclic amines) is 1. The van der Waals surface area contributed by atoms with Crippen LogP contribution < -0.4 is 10.1 Å². The summed E-state index contributed by atoms with van der Waals surface area (Å²) in [5.41, 5.74) is 1.39. The van der Waals surface area contributed by atoms with E-state index in [4.69, 9.17) is 4.74 Å². The van der Waals surface area contributed by atoms with Crippen LogP contribution in [0.4, 0.5) is 0 Å². The molecule has 116 valence electrons. The highest BCUT2D eigenvalue weighted by molar-refractivity contribution is 5.37. The average molecular weight is 288 g/mol. The van der Waals surface area contributed by atoms with Gasteiger partial charge in [0.1, 0.15) is 5.75 Å². The minimum absolute atomic E-state index is 0.675. The van der Waals surface area contributed by atoms with Crippen LogP contribution in [0.2, 0.25) is 0 Å². The van der Waals surface area contributed by atoms with Gasteiger partial charge in [-0.05, 0) is 62.4 Å². The van der Waals surface area contributed by atoms with Crippen LogP contribution in [-0.4, -0.2) is 44.2 Å². The van der Waals surface area contributed by atoms with Gasteiger partial charge in [0.25, 0.3) is 0 Å². The van der Waals surface area contributed by atoms with Gasteiger partial charge in [0.2, 0.25) is 0 Å². The van der Waals surface area contributed by atoms with E-state index in [1.807, 2.05) is 0 Å². The molecule has 1 saturated heterocycles. The van der Waals surface area contributed by atoms with Gasteiger partial charge < -0.3 is 15.0 Å². The zero-order chi connectivity index (χ0) is 14.7. The van der Waals surface area contributed by atoms with Crippen molar-refractivity contribution in [2.24, 2.45) is 5.92 Å². The number of hydrogen-bond acceptors (Lipinski definition) is 3. The van der Waals surface area contributed by atoms with Crippen LogP contribution in [0.15, 0.2) is 24.3 Å². The van der Waals surface area contributed by atoms with Gasteiger partial charge in [-0.3, -0.25) is 0 Å². The van der Waals surface area contributed by atoms with Crippen LogP contribution in [0.3, 0.4) is 0 Å². The highest BCUT2D eigenvalue weighted by Gasteiger charge is 2.32. The molecule has 1 aliphatic heterocycles. The monoisotopic (exact) mass is 288 g/mol. The Morgan fingerprint density at radius 1 is 1.29 bits per heavy atom. The molecule has 1 aromatic rings. The molecule has 1 N–H and O–H groups in total. The second-order valence-corrected chi connectivity index (χ2v) is 6.56. The molecule has 21 heavy (non-hydrogen) atoms. The predicted molar refractivity (Wildman–Crippen MR) is 87.0 cm³/mol. The Hall–Kier alpha value is -1.06. The number of nitrogens with zero attached hydrogens (tertiary/aromatic N) is 1. The van der Waals surface area contributed by atoms with Crippen molar-refractivity contribution >= 4 is 0 Å². The van der Waals surface area contributed by atoms with Crippen molar-refractivity contribution in [3.05, 3.63) is 29.8 Å². The summed E-state index contributed by atoms with van der Waals surface area (Å²) in [6, 6.07) is 9.17. The van der Waals surface area contributed by atoms with Crippen LogP contribution in [0.5, 0.6) is 5.75 Å². The molecule has 1 saturated carbocycles. The molecular formula is C18H28N2O. The maximum Gasteiger partial charge on any atom is 0.122 e. The third kappa shape index (κ3) is 3.41. The molecule has 1 aromatic carbocycles. The van der Waals surface area contributed by atoms with Crippen molar-refractivity contribution in [3.8, 4) is 5.75 Å². The maximum absolute atomic E-state index is 5.48. The molecule has 3 nitrogen and oxygen atoms in total. The van der Waals surface area contributed by atoms with Crippen LogP contribution in [0, 0.1) is 5.92 Å². The number of rotatable bonds is 6. The molecule has 1 heterocycles. The van der Waals surface area contributed by atoms with Crippen LogP contribution >= 0.6 is 0 Å². The summed E-state index contributed by atoms with van der Waals surface area (Å²) in [7, 11) is 1.77. The summed E-state index contributed by atoms with van der Waals surface area (Å²) >= 11 is 0. The first kappa shape index (κ1) is 14.9. The smallest absolute Gasteiger partial charge is 0.122 e. The van der Waals surface area contributed by atoms with E-state index in [9.17, 15) is 0 Å². The Morgan fingerprint density at radius 2 is 2.10 bits per heavy atom. The van der Waals surface area contributed by atoms with Crippen molar-refractivity contribution < 1.29 is 4.74 Å². The first-order valence-corrected chi connectivity index (χ1v) is 8.38. The molecule has 2 aliphatic rings. The van der Waals surface area contributed by atoms with E-state index in [1.54, 1.807) is 7.11 Å². The Morgan fingerprint density at radius 3 is 2.81 bits per heavy atom.